The maximum absolute atomic E-state index is 12.7. The highest BCUT2D eigenvalue weighted by atomic mass is 16.5. The van der Waals surface area contributed by atoms with Crippen molar-refractivity contribution in [2.24, 2.45) is 0 Å². The van der Waals surface area contributed by atoms with Crippen LogP contribution in [0.25, 0.3) is 11.2 Å². The summed E-state index contributed by atoms with van der Waals surface area (Å²) in [6.45, 7) is 4.82. The van der Waals surface area contributed by atoms with Gasteiger partial charge in [-0.2, -0.15) is 0 Å². The normalized spacial score (nSPS) is 17.3. The number of fused-ring (bicyclic) bond motifs is 3. The smallest absolute Gasteiger partial charge is 0.328 e. The molecule has 140 valence electrons. The Bertz CT molecular complexity index is 1010. The Morgan fingerprint density at radius 3 is 3.00 bits per heavy atom. The lowest BCUT2D eigenvalue weighted by Gasteiger charge is -2.17. The molecule has 0 unspecified atom stereocenters. The van der Waals surface area contributed by atoms with Crippen molar-refractivity contribution in [2.45, 2.75) is 26.5 Å². The molecule has 8 heteroatoms. The summed E-state index contributed by atoms with van der Waals surface area (Å²) in [6.07, 6.45) is 1.49. The number of carbonyl (C=O) groups is 1. The fourth-order valence-corrected chi connectivity index (χ4v) is 3.10. The van der Waals surface area contributed by atoms with E-state index in [0.29, 0.717) is 30.2 Å². The molecule has 0 aliphatic carbocycles. The van der Waals surface area contributed by atoms with E-state index in [0.717, 1.165) is 22.5 Å². The average Bonchev–Trinajstić information content (AvgIpc) is 3.07. The second-order valence-electron chi connectivity index (χ2n) is 6.73. The van der Waals surface area contributed by atoms with Gasteiger partial charge in [0.05, 0.1) is 24.9 Å². The number of aromatic nitrogens is 3. The SMILES string of the molecule is CNc1cc2nc3c1ncn3C(=O)N[C@H](C)COCc1ccc(C)c(c1)N2. The molecule has 8 nitrogen and oxygen atoms in total. The first-order valence-electron chi connectivity index (χ1n) is 8.86. The van der Waals surface area contributed by atoms with Gasteiger partial charge in [0.1, 0.15) is 17.7 Å². The second-order valence-corrected chi connectivity index (χ2v) is 6.73. The fraction of sp³-hybridized carbons (Fsp3) is 0.316. The summed E-state index contributed by atoms with van der Waals surface area (Å²) in [5.74, 6) is 0.632. The van der Waals surface area contributed by atoms with Crippen LogP contribution in [0.5, 0.6) is 0 Å². The zero-order chi connectivity index (χ0) is 19.0. The third kappa shape index (κ3) is 3.31. The minimum atomic E-state index is -0.285. The molecule has 3 aromatic rings. The van der Waals surface area contributed by atoms with Gasteiger partial charge in [0.25, 0.3) is 0 Å². The first-order valence-corrected chi connectivity index (χ1v) is 8.86. The Balaban J connectivity index is 1.88. The molecule has 1 aromatic carbocycles. The molecule has 0 saturated carbocycles. The van der Waals surface area contributed by atoms with Crippen molar-refractivity contribution < 1.29 is 9.53 Å². The number of hydrogen-bond acceptors (Lipinski definition) is 6. The quantitative estimate of drug-likeness (QED) is 0.613. The number of ether oxygens (including phenoxy) is 1. The number of pyridine rings is 1. The predicted octanol–water partition coefficient (Wildman–Crippen LogP) is 3.00. The number of anilines is 3. The number of aryl methyl sites for hydroxylation is 1. The molecule has 1 aliphatic rings. The fourth-order valence-electron chi connectivity index (χ4n) is 3.10. The van der Waals surface area contributed by atoms with Gasteiger partial charge in [-0.25, -0.2) is 19.3 Å². The lowest BCUT2D eigenvalue weighted by molar-refractivity contribution is 0.104. The molecule has 2 aromatic heterocycles. The summed E-state index contributed by atoms with van der Waals surface area (Å²) in [7, 11) is 1.82. The van der Waals surface area contributed by atoms with Gasteiger partial charge in [-0.3, -0.25) is 0 Å². The number of amides is 1. The van der Waals surface area contributed by atoms with Crippen LogP contribution in [0.1, 0.15) is 18.1 Å². The van der Waals surface area contributed by atoms with Crippen molar-refractivity contribution in [3.05, 3.63) is 41.7 Å². The largest absolute Gasteiger partial charge is 0.386 e. The summed E-state index contributed by atoms with van der Waals surface area (Å²) < 4.78 is 7.19. The zero-order valence-electron chi connectivity index (χ0n) is 15.5. The van der Waals surface area contributed by atoms with Gasteiger partial charge in [0, 0.05) is 18.8 Å². The van der Waals surface area contributed by atoms with E-state index in [1.54, 1.807) is 0 Å². The molecular weight excluding hydrogens is 344 g/mol. The van der Waals surface area contributed by atoms with E-state index in [9.17, 15) is 4.79 Å². The summed E-state index contributed by atoms with van der Waals surface area (Å²) in [5.41, 5.74) is 5.02. The van der Waals surface area contributed by atoms with E-state index in [1.165, 1.54) is 10.9 Å². The maximum atomic E-state index is 12.7. The van der Waals surface area contributed by atoms with Crippen LogP contribution in [-0.2, 0) is 11.3 Å². The Labute approximate surface area is 157 Å². The molecule has 1 aliphatic heterocycles. The molecule has 4 bridgehead atoms. The number of imidazole rings is 1. The van der Waals surface area contributed by atoms with Gasteiger partial charge < -0.3 is 20.7 Å². The highest BCUT2D eigenvalue weighted by Gasteiger charge is 2.18. The highest BCUT2D eigenvalue weighted by molar-refractivity contribution is 5.94. The van der Waals surface area contributed by atoms with Crippen molar-refractivity contribution in [1.29, 1.82) is 0 Å². The molecule has 0 saturated heterocycles. The molecular formula is C19H22N6O2. The number of carbonyl (C=O) groups excluding carboxylic acids is 1. The van der Waals surface area contributed by atoms with E-state index in [1.807, 2.05) is 33.0 Å². The minimum Gasteiger partial charge on any atom is -0.386 e. The Morgan fingerprint density at radius 2 is 2.19 bits per heavy atom. The summed E-state index contributed by atoms with van der Waals surface area (Å²) in [6, 6.07) is 7.61. The minimum absolute atomic E-state index is 0.145. The van der Waals surface area contributed by atoms with Crippen molar-refractivity contribution in [3.8, 4) is 0 Å². The molecule has 3 heterocycles. The van der Waals surface area contributed by atoms with Gasteiger partial charge >= 0.3 is 6.03 Å². The average molecular weight is 366 g/mol. The van der Waals surface area contributed by atoms with Gasteiger partial charge in [-0.15, -0.1) is 0 Å². The summed E-state index contributed by atoms with van der Waals surface area (Å²) in [5, 5.41) is 9.41. The summed E-state index contributed by atoms with van der Waals surface area (Å²) >= 11 is 0. The molecule has 0 spiro atoms. The van der Waals surface area contributed by atoms with E-state index < -0.39 is 0 Å². The monoisotopic (exact) mass is 366 g/mol. The van der Waals surface area contributed by atoms with Gasteiger partial charge in [-0.1, -0.05) is 12.1 Å². The van der Waals surface area contributed by atoms with Gasteiger partial charge in [-0.05, 0) is 31.0 Å². The van der Waals surface area contributed by atoms with Crippen molar-refractivity contribution >= 4 is 34.4 Å². The molecule has 3 N–H and O–H groups in total. The Kier molecular flexibility index (Phi) is 4.41. The molecule has 1 atom stereocenters. The van der Waals surface area contributed by atoms with Crippen LogP contribution < -0.4 is 16.0 Å². The van der Waals surface area contributed by atoms with Gasteiger partial charge in [0.2, 0.25) is 0 Å². The molecule has 4 rings (SSSR count). The maximum Gasteiger partial charge on any atom is 0.328 e. The van der Waals surface area contributed by atoms with Crippen molar-refractivity contribution in [2.75, 3.05) is 24.3 Å². The molecule has 0 radical (unpaired) electrons. The Hall–Kier alpha value is -3.13. The van der Waals surface area contributed by atoms with Crippen LogP contribution in [0.4, 0.5) is 22.0 Å². The standard InChI is InChI=1S/C19H22N6O2/c1-11-4-5-13-6-14(11)23-16-7-15(20-3)17-18(24-16)25(10-21-17)19(26)22-12(2)8-27-9-13/h4-7,10,12H,8-9H2,1-3H3,(H,22,26)(H2,20,23,24)/t12-/m1/s1. The van der Waals surface area contributed by atoms with Crippen molar-refractivity contribution in [3.63, 3.8) is 0 Å². The van der Waals surface area contributed by atoms with Crippen LogP contribution in [0.15, 0.2) is 30.6 Å². The van der Waals surface area contributed by atoms with E-state index in [4.69, 9.17) is 4.74 Å². The number of hydrogen-bond donors (Lipinski definition) is 3. The second kappa shape index (κ2) is 6.88. The lowest BCUT2D eigenvalue weighted by Crippen LogP contribution is -2.38. The third-order valence-electron chi connectivity index (χ3n) is 4.56. The zero-order valence-corrected chi connectivity index (χ0v) is 15.5. The molecule has 1 amide bonds. The number of nitrogens with one attached hydrogen (secondary N) is 3. The molecule has 27 heavy (non-hydrogen) atoms. The number of rotatable bonds is 1. The first-order chi connectivity index (χ1) is 13.0. The van der Waals surface area contributed by atoms with Crippen LogP contribution in [0.2, 0.25) is 0 Å². The van der Waals surface area contributed by atoms with Crippen LogP contribution in [-0.4, -0.2) is 40.3 Å². The lowest BCUT2D eigenvalue weighted by atomic mass is 10.1. The molecule has 0 fully saturated rings. The highest BCUT2D eigenvalue weighted by Crippen LogP contribution is 2.28. The Morgan fingerprint density at radius 1 is 1.33 bits per heavy atom. The van der Waals surface area contributed by atoms with E-state index >= 15 is 0 Å². The van der Waals surface area contributed by atoms with Gasteiger partial charge in [0.15, 0.2) is 5.65 Å². The number of nitrogens with zero attached hydrogens (tertiary/aromatic N) is 3. The van der Waals surface area contributed by atoms with Crippen LogP contribution >= 0.6 is 0 Å². The predicted molar refractivity (Wildman–Crippen MR) is 105 cm³/mol. The van der Waals surface area contributed by atoms with Crippen LogP contribution in [0, 0.1) is 6.92 Å². The van der Waals surface area contributed by atoms with Crippen molar-refractivity contribution in [1.82, 2.24) is 19.9 Å². The van der Waals surface area contributed by atoms with Crippen LogP contribution in [0.3, 0.4) is 0 Å². The topological polar surface area (TPSA) is 93.1 Å². The third-order valence-corrected chi connectivity index (χ3v) is 4.56. The first kappa shape index (κ1) is 17.3. The van der Waals surface area contributed by atoms with E-state index in [-0.39, 0.29) is 12.1 Å². The summed E-state index contributed by atoms with van der Waals surface area (Å²) in [4.78, 5) is 21.7. The number of benzene rings is 1. The van der Waals surface area contributed by atoms with E-state index in [2.05, 4.69) is 38.1 Å².